The van der Waals surface area contributed by atoms with Crippen LogP contribution in [0, 0.1) is 0 Å². The van der Waals surface area contributed by atoms with E-state index in [2.05, 4.69) is 0 Å². The number of carbonyl (C=O) groups is 2. The van der Waals surface area contributed by atoms with Crippen molar-refractivity contribution in [1.29, 1.82) is 0 Å². The average molecular weight is 174 g/mol. The number of hydrogen-bond donors (Lipinski definition) is 0. The van der Waals surface area contributed by atoms with E-state index in [0.717, 1.165) is 29.4 Å². The van der Waals surface area contributed by atoms with E-state index < -0.39 is 0 Å². The van der Waals surface area contributed by atoms with Gasteiger partial charge in [0.05, 0.1) is 0 Å². The van der Waals surface area contributed by atoms with E-state index in [9.17, 15) is 9.59 Å². The van der Waals surface area contributed by atoms with Crippen molar-refractivity contribution in [2.75, 3.05) is 0 Å². The first-order valence-corrected chi connectivity index (χ1v) is 4.39. The van der Waals surface area contributed by atoms with Crippen molar-refractivity contribution in [2.45, 2.75) is 19.3 Å². The van der Waals surface area contributed by atoms with Gasteiger partial charge in [-0.15, -0.1) is 0 Å². The van der Waals surface area contributed by atoms with Gasteiger partial charge in [0.1, 0.15) is 12.1 Å². The fraction of sp³-hybridized carbons (Fsp3) is 0.273. The Morgan fingerprint density at radius 2 is 2.08 bits per heavy atom. The lowest BCUT2D eigenvalue weighted by Crippen LogP contribution is -2.14. The summed E-state index contributed by atoms with van der Waals surface area (Å²) in [6, 6.07) is 5.57. The molecule has 0 unspecified atom stereocenters. The van der Waals surface area contributed by atoms with Crippen molar-refractivity contribution in [3.8, 4) is 0 Å². The van der Waals surface area contributed by atoms with Gasteiger partial charge in [0.15, 0.2) is 0 Å². The van der Waals surface area contributed by atoms with Gasteiger partial charge in [-0.25, -0.2) is 0 Å². The molecule has 0 saturated carbocycles. The van der Waals surface area contributed by atoms with Crippen molar-refractivity contribution in [3.63, 3.8) is 0 Å². The molecule has 1 aliphatic rings. The molecule has 0 radical (unpaired) electrons. The molecule has 0 amide bonds. The molecule has 1 aromatic rings. The Labute approximate surface area is 76.6 Å². The third-order valence-electron chi connectivity index (χ3n) is 2.48. The zero-order chi connectivity index (χ0) is 9.26. The van der Waals surface area contributed by atoms with Crippen LogP contribution >= 0.6 is 0 Å². The second-order valence-electron chi connectivity index (χ2n) is 3.32. The molecule has 0 heterocycles. The summed E-state index contributed by atoms with van der Waals surface area (Å²) in [4.78, 5) is 21.8. The van der Waals surface area contributed by atoms with Gasteiger partial charge in [0.2, 0.25) is 0 Å². The Bertz CT molecular complexity index is 366. The van der Waals surface area contributed by atoms with Gasteiger partial charge in [-0.3, -0.25) is 9.59 Å². The molecule has 0 fully saturated rings. The SMILES string of the molecule is O=Cc1cccc2c1CCC(=O)C2. The molecule has 0 bridgehead atoms. The van der Waals surface area contributed by atoms with Crippen LogP contribution in [-0.4, -0.2) is 12.1 Å². The highest BCUT2D eigenvalue weighted by Crippen LogP contribution is 2.21. The number of benzene rings is 1. The summed E-state index contributed by atoms with van der Waals surface area (Å²) in [5, 5.41) is 0. The standard InChI is InChI=1S/C11H10O2/c12-7-9-3-1-2-8-6-10(13)4-5-11(8)9/h1-3,7H,4-6H2. The molecule has 2 nitrogen and oxygen atoms in total. The number of Topliss-reactive ketones (excluding diaryl/α,β-unsaturated/α-hetero) is 1. The Hall–Kier alpha value is -1.44. The van der Waals surface area contributed by atoms with Crippen LogP contribution in [0.5, 0.6) is 0 Å². The van der Waals surface area contributed by atoms with Crippen LogP contribution in [-0.2, 0) is 17.6 Å². The highest BCUT2D eigenvalue weighted by molar-refractivity contribution is 5.86. The van der Waals surface area contributed by atoms with Crippen molar-refractivity contribution in [3.05, 3.63) is 34.9 Å². The molecule has 0 aliphatic heterocycles. The van der Waals surface area contributed by atoms with E-state index >= 15 is 0 Å². The lowest BCUT2D eigenvalue weighted by atomic mass is 9.88. The van der Waals surface area contributed by atoms with Gasteiger partial charge < -0.3 is 0 Å². The maximum atomic E-state index is 11.1. The zero-order valence-electron chi connectivity index (χ0n) is 7.25. The van der Waals surface area contributed by atoms with Gasteiger partial charge in [-0.05, 0) is 17.5 Å². The second-order valence-corrected chi connectivity index (χ2v) is 3.32. The number of rotatable bonds is 1. The molecule has 0 N–H and O–H groups in total. The van der Waals surface area contributed by atoms with E-state index in [0.29, 0.717) is 12.8 Å². The fourth-order valence-electron chi connectivity index (χ4n) is 1.80. The molecule has 1 aromatic carbocycles. The van der Waals surface area contributed by atoms with Gasteiger partial charge >= 0.3 is 0 Å². The first-order valence-electron chi connectivity index (χ1n) is 4.39. The molecule has 13 heavy (non-hydrogen) atoms. The van der Waals surface area contributed by atoms with Gasteiger partial charge in [-0.2, -0.15) is 0 Å². The number of hydrogen-bond acceptors (Lipinski definition) is 2. The molecule has 2 rings (SSSR count). The first kappa shape index (κ1) is 8.17. The van der Waals surface area contributed by atoms with E-state index in [1.54, 1.807) is 0 Å². The Morgan fingerprint density at radius 3 is 2.85 bits per heavy atom. The number of ketones is 1. The van der Waals surface area contributed by atoms with Crippen molar-refractivity contribution >= 4 is 12.1 Å². The Balaban J connectivity index is 2.51. The molecule has 1 aliphatic carbocycles. The smallest absolute Gasteiger partial charge is 0.150 e. The van der Waals surface area contributed by atoms with E-state index in [1.807, 2.05) is 18.2 Å². The van der Waals surface area contributed by atoms with E-state index in [4.69, 9.17) is 0 Å². The minimum atomic E-state index is 0.274. The van der Waals surface area contributed by atoms with E-state index in [-0.39, 0.29) is 5.78 Å². The summed E-state index contributed by atoms with van der Waals surface area (Å²) < 4.78 is 0. The number of carbonyl (C=O) groups excluding carboxylic acids is 2. The molecule has 66 valence electrons. The molecule has 0 spiro atoms. The number of aldehydes is 1. The third-order valence-corrected chi connectivity index (χ3v) is 2.48. The highest BCUT2D eigenvalue weighted by atomic mass is 16.1. The summed E-state index contributed by atoms with van der Waals surface area (Å²) in [6.45, 7) is 0. The normalized spacial score (nSPS) is 15.2. The van der Waals surface area contributed by atoms with Crippen LogP contribution in [0.3, 0.4) is 0 Å². The quantitative estimate of drug-likeness (QED) is 0.605. The summed E-state index contributed by atoms with van der Waals surface area (Å²) in [7, 11) is 0. The Morgan fingerprint density at radius 1 is 1.23 bits per heavy atom. The van der Waals surface area contributed by atoms with Crippen LogP contribution in [0.25, 0.3) is 0 Å². The van der Waals surface area contributed by atoms with Crippen LogP contribution in [0.15, 0.2) is 18.2 Å². The van der Waals surface area contributed by atoms with Crippen molar-refractivity contribution in [1.82, 2.24) is 0 Å². The minimum Gasteiger partial charge on any atom is -0.299 e. The molecular weight excluding hydrogens is 164 g/mol. The topological polar surface area (TPSA) is 34.1 Å². The first-order chi connectivity index (χ1) is 6.31. The highest BCUT2D eigenvalue weighted by Gasteiger charge is 2.17. The lowest BCUT2D eigenvalue weighted by molar-refractivity contribution is -0.118. The van der Waals surface area contributed by atoms with Crippen LogP contribution < -0.4 is 0 Å². The minimum absolute atomic E-state index is 0.274. The molecular formula is C11H10O2. The lowest BCUT2D eigenvalue weighted by Gasteiger charge is -2.15. The predicted molar refractivity (Wildman–Crippen MR) is 48.9 cm³/mol. The predicted octanol–water partition coefficient (Wildman–Crippen LogP) is 1.56. The largest absolute Gasteiger partial charge is 0.299 e. The average Bonchev–Trinajstić information content (AvgIpc) is 2.16. The summed E-state index contributed by atoms with van der Waals surface area (Å²) in [5.74, 6) is 0.274. The van der Waals surface area contributed by atoms with Crippen LogP contribution in [0.4, 0.5) is 0 Å². The fourth-order valence-corrected chi connectivity index (χ4v) is 1.80. The monoisotopic (exact) mass is 174 g/mol. The van der Waals surface area contributed by atoms with Gasteiger partial charge in [0, 0.05) is 18.4 Å². The molecule has 2 heteroatoms. The summed E-state index contributed by atoms with van der Waals surface area (Å²) in [5.41, 5.74) is 2.84. The molecule has 0 saturated heterocycles. The third kappa shape index (κ3) is 1.39. The number of fused-ring (bicyclic) bond motifs is 1. The molecule has 0 aromatic heterocycles. The summed E-state index contributed by atoms with van der Waals surface area (Å²) >= 11 is 0. The summed E-state index contributed by atoms with van der Waals surface area (Å²) in [6.07, 6.45) is 2.67. The molecule has 0 atom stereocenters. The van der Waals surface area contributed by atoms with Crippen molar-refractivity contribution < 1.29 is 9.59 Å². The van der Waals surface area contributed by atoms with Crippen LogP contribution in [0.2, 0.25) is 0 Å². The van der Waals surface area contributed by atoms with Crippen LogP contribution in [0.1, 0.15) is 27.9 Å². The van der Waals surface area contributed by atoms with E-state index in [1.165, 1.54) is 0 Å². The van der Waals surface area contributed by atoms with Gasteiger partial charge in [0.25, 0.3) is 0 Å². The van der Waals surface area contributed by atoms with Crippen molar-refractivity contribution in [2.24, 2.45) is 0 Å². The second kappa shape index (κ2) is 3.13. The maximum absolute atomic E-state index is 11.1. The maximum Gasteiger partial charge on any atom is 0.150 e. The van der Waals surface area contributed by atoms with Gasteiger partial charge in [-0.1, -0.05) is 18.2 Å². The Kier molecular flexibility index (Phi) is 1.97. The zero-order valence-corrected chi connectivity index (χ0v) is 7.25.